The number of nitrogen functional groups attached to an aromatic ring is 1. The van der Waals surface area contributed by atoms with Crippen LogP contribution in [0.3, 0.4) is 0 Å². The molecule has 0 saturated carbocycles. The monoisotopic (exact) mass is 232 g/mol. The second-order valence-corrected chi connectivity index (χ2v) is 4.39. The third-order valence-electron chi connectivity index (χ3n) is 3.36. The van der Waals surface area contributed by atoms with Gasteiger partial charge in [-0.15, -0.1) is 0 Å². The summed E-state index contributed by atoms with van der Waals surface area (Å²) in [5, 5.41) is 2.35. The van der Waals surface area contributed by atoms with E-state index >= 15 is 0 Å². The first kappa shape index (κ1) is 10.1. The highest BCUT2D eigenvalue weighted by Gasteiger charge is 2.48. The highest BCUT2D eigenvalue weighted by atomic mass is 16.2. The maximum Gasteiger partial charge on any atom is 0.232 e. The van der Waals surface area contributed by atoms with E-state index in [9.17, 15) is 9.59 Å². The number of nitrogens with one attached hydrogen (secondary N) is 1. The van der Waals surface area contributed by atoms with Crippen molar-refractivity contribution >= 4 is 23.3 Å². The van der Waals surface area contributed by atoms with Gasteiger partial charge in [-0.25, -0.2) is 4.98 Å². The Morgan fingerprint density at radius 2 is 1.94 bits per heavy atom. The second-order valence-electron chi connectivity index (χ2n) is 4.39. The van der Waals surface area contributed by atoms with Gasteiger partial charge in [-0.3, -0.25) is 14.9 Å². The quantitative estimate of drug-likeness (QED) is 0.629. The molecule has 2 aliphatic rings. The Balaban J connectivity index is 1.88. The molecule has 6 heteroatoms. The third kappa shape index (κ3) is 1.44. The molecular formula is C11H12N4O2. The summed E-state index contributed by atoms with van der Waals surface area (Å²) in [4.78, 5) is 29.1. The fourth-order valence-electron chi connectivity index (χ4n) is 2.49. The molecule has 0 radical (unpaired) electrons. The van der Waals surface area contributed by atoms with Crippen LogP contribution in [0.5, 0.6) is 0 Å². The molecule has 3 rings (SSSR count). The lowest BCUT2D eigenvalue weighted by molar-refractivity contribution is -0.126. The number of carbonyl (C=O) groups is 2. The minimum absolute atomic E-state index is 0.183. The van der Waals surface area contributed by atoms with Gasteiger partial charge >= 0.3 is 0 Å². The van der Waals surface area contributed by atoms with Crippen LogP contribution in [0, 0.1) is 11.8 Å². The molecule has 6 nitrogen and oxygen atoms in total. The van der Waals surface area contributed by atoms with Crippen LogP contribution in [-0.2, 0) is 9.59 Å². The Bertz CT molecular complexity index is 480. The summed E-state index contributed by atoms with van der Waals surface area (Å²) in [7, 11) is 0. The molecule has 0 bridgehead atoms. The number of nitrogens with zero attached hydrogens (tertiary/aromatic N) is 2. The van der Waals surface area contributed by atoms with Crippen molar-refractivity contribution in [3.63, 3.8) is 0 Å². The van der Waals surface area contributed by atoms with Crippen LogP contribution >= 0.6 is 0 Å². The van der Waals surface area contributed by atoms with Crippen molar-refractivity contribution in [1.29, 1.82) is 0 Å². The van der Waals surface area contributed by atoms with Gasteiger partial charge in [0, 0.05) is 19.3 Å². The smallest absolute Gasteiger partial charge is 0.232 e. The number of rotatable bonds is 1. The molecule has 2 atom stereocenters. The molecule has 88 valence electrons. The number of imide groups is 1. The van der Waals surface area contributed by atoms with Gasteiger partial charge in [0.1, 0.15) is 0 Å². The number of nitrogens with two attached hydrogens (primary N) is 1. The van der Waals surface area contributed by atoms with Crippen LogP contribution in [0.15, 0.2) is 18.3 Å². The summed E-state index contributed by atoms with van der Waals surface area (Å²) in [5.74, 6) is -0.232. The number of aromatic nitrogens is 1. The van der Waals surface area contributed by atoms with Crippen molar-refractivity contribution < 1.29 is 9.59 Å². The minimum atomic E-state index is -0.260. The molecule has 2 aliphatic heterocycles. The van der Waals surface area contributed by atoms with E-state index in [1.54, 1.807) is 18.3 Å². The summed E-state index contributed by atoms with van der Waals surface area (Å²) in [6.45, 7) is 1.01. The average Bonchev–Trinajstić information content (AvgIpc) is 2.83. The minimum Gasteiger partial charge on any atom is -0.396 e. The lowest BCUT2D eigenvalue weighted by Gasteiger charge is -2.19. The maximum absolute atomic E-state index is 11.5. The van der Waals surface area contributed by atoms with Crippen molar-refractivity contribution in [2.45, 2.75) is 0 Å². The molecular weight excluding hydrogens is 220 g/mol. The number of fused-ring (bicyclic) bond motifs is 1. The lowest BCUT2D eigenvalue weighted by Crippen LogP contribution is -2.32. The SMILES string of the molecule is Nc1cccnc1N1CC2C(=O)NC(=O)C2C1. The Hall–Kier alpha value is -2.11. The van der Waals surface area contributed by atoms with E-state index in [0.29, 0.717) is 24.6 Å². The average molecular weight is 232 g/mol. The lowest BCUT2D eigenvalue weighted by atomic mass is 10.00. The van der Waals surface area contributed by atoms with E-state index in [2.05, 4.69) is 10.3 Å². The summed E-state index contributed by atoms with van der Waals surface area (Å²) in [6.07, 6.45) is 1.65. The predicted molar refractivity (Wildman–Crippen MR) is 61.0 cm³/mol. The normalized spacial score (nSPS) is 27.2. The summed E-state index contributed by atoms with van der Waals surface area (Å²) >= 11 is 0. The van der Waals surface area contributed by atoms with Crippen molar-refractivity contribution in [2.24, 2.45) is 11.8 Å². The molecule has 3 heterocycles. The number of anilines is 2. The van der Waals surface area contributed by atoms with E-state index in [4.69, 9.17) is 5.73 Å². The van der Waals surface area contributed by atoms with Crippen molar-refractivity contribution in [1.82, 2.24) is 10.3 Å². The summed E-state index contributed by atoms with van der Waals surface area (Å²) in [6, 6.07) is 3.52. The van der Waals surface area contributed by atoms with Gasteiger partial charge in [0.2, 0.25) is 11.8 Å². The molecule has 2 saturated heterocycles. The van der Waals surface area contributed by atoms with Gasteiger partial charge in [-0.2, -0.15) is 0 Å². The molecule has 1 aromatic heterocycles. The van der Waals surface area contributed by atoms with Crippen molar-refractivity contribution in [2.75, 3.05) is 23.7 Å². The molecule has 2 unspecified atom stereocenters. The predicted octanol–water partition coefficient (Wildman–Crippen LogP) is -0.627. The Labute approximate surface area is 97.8 Å². The summed E-state index contributed by atoms with van der Waals surface area (Å²) < 4.78 is 0. The number of amides is 2. The fourth-order valence-corrected chi connectivity index (χ4v) is 2.49. The van der Waals surface area contributed by atoms with Crippen molar-refractivity contribution in [3.8, 4) is 0 Å². The maximum atomic E-state index is 11.5. The zero-order valence-corrected chi connectivity index (χ0v) is 9.09. The molecule has 0 spiro atoms. The van der Waals surface area contributed by atoms with Crippen LogP contribution in [-0.4, -0.2) is 29.9 Å². The van der Waals surface area contributed by atoms with Crippen LogP contribution < -0.4 is 16.0 Å². The Morgan fingerprint density at radius 3 is 2.53 bits per heavy atom. The van der Waals surface area contributed by atoms with Crippen LogP contribution in [0.25, 0.3) is 0 Å². The zero-order chi connectivity index (χ0) is 12.0. The second kappa shape index (κ2) is 3.44. The number of hydrogen-bond acceptors (Lipinski definition) is 5. The van der Waals surface area contributed by atoms with Gasteiger partial charge < -0.3 is 10.6 Å². The van der Waals surface area contributed by atoms with Gasteiger partial charge in [-0.1, -0.05) is 0 Å². The largest absolute Gasteiger partial charge is 0.396 e. The first-order valence-corrected chi connectivity index (χ1v) is 5.47. The Kier molecular flexibility index (Phi) is 2.04. The van der Waals surface area contributed by atoms with Gasteiger partial charge in [0.15, 0.2) is 5.82 Å². The van der Waals surface area contributed by atoms with E-state index in [-0.39, 0.29) is 23.7 Å². The zero-order valence-electron chi connectivity index (χ0n) is 9.09. The van der Waals surface area contributed by atoms with E-state index in [0.717, 1.165) is 0 Å². The van der Waals surface area contributed by atoms with Crippen LogP contribution in [0.1, 0.15) is 0 Å². The molecule has 17 heavy (non-hydrogen) atoms. The van der Waals surface area contributed by atoms with Gasteiger partial charge in [0.05, 0.1) is 17.5 Å². The third-order valence-corrected chi connectivity index (χ3v) is 3.36. The van der Waals surface area contributed by atoms with Gasteiger partial charge in [0.25, 0.3) is 0 Å². The van der Waals surface area contributed by atoms with E-state index in [1.807, 2.05) is 4.90 Å². The standard InChI is InChI=1S/C11H12N4O2/c12-8-2-1-3-13-9(8)15-4-6-7(5-15)11(17)14-10(6)16/h1-3,6-7H,4-5,12H2,(H,14,16,17). The topological polar surface area (TPSA) is 88.3 Å². The van der Waals surface area contributed by atoms with E-state index in [1.165, 1.54) is 0 Å². The van der Waals surface area contributed by atoms with Crippen LogP contribution in [0.4, 0.5) is 11.5 Å². The molecule has 3 N–H and O–H groups in total. The first-order chi connectivity index (χ1) is 8.16. The first-order valence-electron chi connectivity index (χ1n) is 5.47. The molecule has 0 aromatic carbocycles. The van der Waals surface area contributed by atoms with Gasteiger partial charge in [-0.05, 0) is 12.1 Å². The summed E-state index contributed by atoms with van der Waals surface area (Å²) in [5.41, 5.74) is 6.40. The number of pyridine rings is 1. The van der Waals surface area contributed by atoms with Crippen LogP contribution in [0.2, 0.25) is 0 Å². The fraction of sp³-hybridized carbons (Fsp3) is 0.364. The number of hydrogen-bond donors (Lipinski definition) is 2. The molecule has 1 aromatic rings. The molecule has 2 fully saturated rings. The molecule has 0 aliphatic carbocycles. The van der Waals surface area contributed by atoms with E-state index < -0.39 is 0 Å². The number of carbonyl (C=O) groups excluding carboxylic acids is 2. The highest BCUT2D eigenvalue weighted by molar-refractivity contribution is 6.06. The van der Waals surface area contributed by atoms with Crippen molar-refractivity contribution in [3.05, 3.63) is 18.3 Å². The molecule has 2 amide bonds. The highest BCUT2D eigenvalue weighted by Crippen LogP contribution is 2.32. The Morgan fingerprint density at radius 1 is 1.29 bits per heavy atom.